The van der Waals surface area contributed by atoms with Gasteiger partial charge < -0.3 is 14.7 Å². The zero-order valence-electron chi connectivity index (χ0n) is 8.05. The summed E-state index contributed by atoms with van der Waals surface area (Å²) in [6.07, 6.45) is 5.21. The van der Waals surface area contributed by atoms with E-state index in [1.807, 2.05) is 16.7 Å². The molecule has 0 unspecified atom stereocenters. The Balaban J connectivity index is 2.32. The fourth-order valence-electron chi connectivity index (χ4n) is 1.41. The summed E-state index contributed by atoms with van der Waals surface area (Å²) in [7, 11) is 0. The number of aliphatic hydroxyl groups is 1. The highest BCUT2D eigenvalue weighted by Crippen LogP contribution is 2.06. The fourth-order valence-corrected chi connectivity index (χ4v) is 1.65. The number of rotatable bonds is 3. The molecule has 0 aliphatic carbocycles. The minimum atomic E-state index is -0.0157. The first-order valence-electron chi connectivity index (χ1n) is 4.58. The number of nitrogens with zero attached hydrogens (tertiary/aromatic N) is 2. The molecular weight excluding hydrogens is 210 g/mol. The third-order valence-electron chi connectivity index (χ3n) is 2.21. The lowest BCUT2D eigenvalue weighted by Crippen LogP contribution is -2.04. The van der Waals surface area contributed by atoms with E-state index >= 15 is 0 Å². The molecule has 0 aliphatic rings. The maximum absolute atomic E-state index is 9.11. The van der Waals surface area contributed by atoms with E-state index in [-0.39, 0.29) is 6.61 Å². The topological polar surface area (TPSA) is 53.8 Å². The summed E-state index contributed by atoms with van der Waals surface area (Å²) < 4.78 is 2.49. The van der Waals surface area contributed by atoms with E-state index in [4.69, 9.17) is 17.3 Å². The van der Waals surface area contributed by atoms with Crippen LogP contribution in [0, 0.1) is 4.77 Å². The van der Waals surface area contributed by atoms with Crippen molar-refractivity contribution in [2.75, 3.05) is 0 Å². The molecule has 15 heavy (non-hydrogen) atoms. The van der Waals surface area contributed by atoms with Gasteiger partial charge in [0.25, 0.3) is 0 Å². The van der Waals surface area contributed by atoms with E-state index < -0.39 is 0 Å². The van der Waals surface area contributed by atoms with Gasteiger partial charge in [0.15, 0.2) is 4.77 Å². The van der Waals surface area contributed by atoms with Gasteiger partial charge in [0.1, 0.15) is 0 Å². The van der Waals surface area contributed by atoms with Crippen LogP contribution in [-0.4, -0.2) is 19.6 Å². The number of imidazole rings is 1. The van der Waals surface area contributed by atoms with Crippen molar-refractivity contribution < 1.29 is 5.11 Å². The van der Waals surface area contributed by atoms with Crippen molar-refractivity contribution in [1.82, 2.24) is 14.5 Å². The number of aromatic amines is 1. The van der Waals surface area contributed by atoms with Gasteiger partial charge in [-0.3, -0.25) is 4.98 Å². The summed E-state index contributed by atoms with van der Waals surface area (Å²) in [5.41, 5.74) is 1.90. The minimum absolute atomic E-state index is 0.0157. The van der Waals surface area contributed by atoms with Crippen LogP contribution in [0.15, 0.2) is 30.7 Å². The molecule has 2 N–H and O–H groups in total. The molecule has 2 aromatic rings. The maximum Gasteiger partial charge on any atom is 0.177 e. The second kappa shape index (κ2) is 4.37. The van der Waals surface area contributed by atoms with E-state index in [1.165, 1.54) is 0 Å². The normalized spacial score (nSPS) is 10.5. The Hall–Kier alpha value is -1.46. The first kappa shape index (κ1) is 10.1. The predicted molar refractivity (Wildman–Crippen MR) is 58.9 cm³/mol. The molecule has 0 atom stereocenters. The Morgan fingerprint density at radius 2 is 2.13 bits per heavy atom. The number of aromatic nitrogens is 3. The van der Waals surface area contributed by atoms with Gasteiger partial charge in [-0.15, -0.1) is 0 Å². The van der Waals surface area contributed by atoms with Crippen molar-refractivity contribution in [1.29, 1.82) is 0 Å². The van der Waals surface area contributed by atoms with Crippen LogP contribution in [0.5, 0.6) is 0 Å². The van der Waals surface area contributed by atoms with E-state index in [9.17, 15) is 0 Å². The van der Waals surface area contributed by atoms with Crippen molar-refractivity contribution in [2.45, 2.75) is 13.2 Å². The molecular formula is C10H11N3OS. The van der Waals surface area contributed by atoms with Gasteiger partial charge >= 0.3 is 0 Å². The third kappa shape index (κ3) is 2.14. The van der Waals surface area contributed by atoms with E-state index in [1.54, 1.807) is 18.6 Å². The molecule has 0 aromatic carbocycles. The van der Waals surface area contributed by atoms with Crippen LogP contribution in [0.1, 0.15) is 11.3 Å². The second-order valence-corrected chi connectivity index (χ2v) is 3.57. The lowest BCUT2D eigenvalue weighted by Gasteiger charge is -2.05. The fraction of sp³-hybridized carbons (Fsp3) is 0.200. The monoisotopic (exact) mass is 221 g/mol. The molecule has 78 valence electrons. The van der Waals surface area contributed by atoms with E-state index in [0.29, 0.717) is 11.3 Å². The van der Waals surface area contributed by atoms with Gasteiger partial charge in [0, 0.05) is 18.6 Å². The highest BCUT2D eigenvalue weighted by Gasteiger charge is 2.02. The van der Waals surface area contributed by atoms with Crippen LogP contribution < -0.4 is 0 Å². The van der Waals surface area contributed by atoms with Crippen molar-refractivity contribution >= 4 is 12.2 Å². The Morgan fingerprint density at radius 3 is 2.80 bits per heavy atom. The van der Waals surface area contributed by atoms with Gasteiger partial charge in [0.2, 0.25) is 0 Å². The van der Waals surface area contributed by atoms with Gasteiger partial charge in [-0.1, -0.05) is 0 Å². The van der Waals surface area contributed by atoms with Crippen molar-refractivity contribution in [3.8, 4) is 0 Å². The average molecular weight is 221 g/mol. The Kier molecular flexibility index (Phi) is 2.94. The zero-order chi connectivity index (χ0) is 10.7. The standard InChI is InChI=1S/C10H11N3OS/c14-7-9-5-12-10(15)13(9)6-8-1-3-11-4-2-8/h1-5,14H,6-7H2,(H,12,15). The smallest absolute Gasteiger partial charge is 0.177 e. The van der Waals surface area contributed by atoms with Crippen LogP contribution in [0.25, 0.3) is 0 Å². The summed E-state index contributed by atoms with van der Waals surface area (Å²) in [5.74, 6) is 0. The molecule has 2 heterocycles. The highest BCUT2D eigenvalue weighted by atomic mass is 32.1. The first-order valence-corrected chi connectivity index (χ1v) is 4.99. The number of aliphatic hydroxyl groups excluding tert-OH is 1. The van der Waals surface area contributed by atoms with E-state index in [0.717, 1.165) is 11.3 Å². The summed E-state index contributed by atoms with van der Waals surface area (Å²) in [5, 5.41) is 9.11. The highest BCUT2D eigenvalue weighted by molar-refractivity contribution is 7.71. The van der Waals surface area contributed by atoms with Crippen LogP contribution in [-0.2, 0) is 13.2 Å². The van der Waals surface area contributed by atoms with Crippen LogP contribution in [0.4, 0.5) is 0 Å². The largest absolute Gasteiger partial charge is 0.390 e. The first-order chi connectivity index (χ1) is 7.31. The molecule has 0 bridgehead atoms. The SMILES string of the molecule is OCc1c[nH]c(=S)n1Cc1ccncc1. The molecule has 0 aliphatic heterocycles. The van der Waals surface area contributed by atoms with Crippen molar-refractivity contribution in [2.24, 2.45) is 0 Å². The van der Waals surface area contributed by atoms with Crippen LogP contribution in [0.2, 0.25) is 0 Å². The number of pyridine rings is 1. The minimum Gasteiger partial charge on any atom is -0.390 e. The molecule has 0 amide bonds. The van der Waals surface area contributed by atoms with Crippen LogP contribution in [0.3, 0.4) is 0 Å². The number of nitrogens with one attached hydrogen (secondary N) is 1. The molecule has 0 saturated carbocycles. The van der Waals surface area contributed by atoms with Crippen molar-refractivity contribution in [3.05, 3.63) is 46.8 Å². The van der Waals surface area contributed by atoms with E-state index in [2.05, 4.69) is 9.97 Å². The van der Waals surface area contributed by atoms with Gasteiger partial charge in [-0.25, -0.2) is 0 Å². The summed E-state index contributed by atoms with van der Waals surface area (Å²) in [6, 6.07) is 3.85. The maximum atomic E-state index is 9.11. The second-order valence-electron chi connectivity index (χ2n) is 3.18. The number of hydrogen-bond donors (Lipinski definition) is 2. The molecule has 2 rings (SSSR count). The lowest BCUT2D eigenvalue weighted by molar-refractivity contribution is 0.271. The Bertz CT molecular complexity index is 489. The summed E-state index contributed by atoms with van der Waals surface area (Å²) in [6.45, 7) is 0.638. The molecule has 0 radical (unpaired) electrons. The van der Waals surface area contributed by atoms with Gasteiger partial charge in [0.05, 0.1) is 18.8 Å². The Labute approximate surface area is 92.2 Å². The number of H-pyrrole nitrogens is 1. The summed E-state index contributed by atoms with van der Waals surface area (Å²) in [4.78, 5) is 6.86. The summed E-state index contributed by atoms with van der Waals surface area (Å²) >= 11 is 5.12. The zero-order valence-corrected chi connectivity index (χ0v) is 8.87. The quantitative estimate of drug-likeness (QED) is 0.772. The Morgan fingerprint density at radius 1 is 1.40 bits per heavy atom. The number of hydrogen-bond acceptors (Lipinski definition) is 3. The van der Waals surface area contributed by atoms with Crippen molar-refractivity contribution in [3.63, 3.8) is 0 Å². The molecule has 0 saturated heterocycles. The van der Waals surface area contributed by atoms with Gasteiger partial charge in [-0.05, 0) is 29.9 Å². The molecule has 0 fully saturated rings. The van der Waals surface area contributed by atoms with Gasteiger partial charge in [-0.2, -0.15) is 0 Å². The molecule has 2 aromatic heterocycles. The average Bonchev–Trinajstić information content (AvgIpc) is 2.62. The molecule has 4 nitrogen and oxygen atoms in total. The van der Waals surface area contributed by atoms with Crippen LogP contribution >= 0.6 is 12.2 Å². The molecule has 0 spiro atoms. The third-order valence-corrected chi connectivity index (χ3v) is 2.54. The molecule has 5 heteroatoms. The lowest BCUT2D eigenvalue weighted by atomic mass is 10.2. The predicted octanol–water partition coefficient (Wildman–Crippen LogP) is 1.48.